The van der Waals surface area contributed by atoms with Gasteiger partial charge in [-0.25, -0.2) is 17.8 Å². The van der Waals surface area contributed by atoms with Gasteiger partial charge in [0.25, 0.3) is 21.8 Å². The van der Waals surface area contributed by atoms with E-state index in [0.717, 1.165) is 12.1 Å². The number of nitrogens with zero attached hydrogens (tertiary/aromatic N) is 2. The molecule has 0 radical (unpaired) electrons. The summed E-state index contributed by atoms with van der Waals surface area (Å²) in [5.74, 6) is -0.224. The zero-order valence-electron chi connectivity index (χ0n) is 16.6. The summed E-state index contributed by atoms with van der Waals surface area (Å²) in [5, 5.41) is 2.72. The van der Waals surface area contributed by atoms with Gasteiger partial charge in [0.1, 0.15) is 16.4 Å². The van der Waals surface area contributed by atoms with Crippen molar-refractivity contribution in [1.82, 2.24) is 20.6 Å². The third-order valence-electron chi connectivity index (χ3n) is 4.62. The standard InChI is InChI=1S/C20H20FN5O4S/c1-3-19(27)23-14-8-9-26(12-14)15-10-13(2)22-17(11-15)20(28)24-25-31(29,30)18-7-5-4-6-16(18)21/h1,4-7,10-11,14,25H,8-9,12H2,2H3,(H,23,27)(H,24,28). The van der Waals surface area contributed by atoms with Crippen LogP contribution in [0.25, 0.3) is 0 Å². The fourth-order valence-corrected chi connectivity index (χ4v) is 4.10. The number of hydrazine groups is 1. The van der Waals surface area contributed by atoms with E-state index in [9.17, 15) is 22.4 Å². The summed E-state index contributed by atoms with van der Waals surface area (Å²) in [5.41, 5.74) is 3.25. The molecule has 3 rings (SSSR count). The highest BCUT2D eigenvalue weighted by Crippen LogP contribution is 2.22. The van der Waals surface area contributed by atoms with Crippen molar-refractivity contribution in [2.24, 2.45) is 0 Å². The molecule has 3 N–H and O–H groups in total. The van der Waals surface area contributed by atoms with E-state index in [1.807, 2.05) is 21.1 Å². The fourth-order valence-electron chi connectivity index (χ4n) is 3.18. The van der Waals surface area contributed by atoms with Gasteiger partial charge in [0.05, 0.1) is 0 Å². The first kappa shape index (κ1) is 22.2. The number of nitrogens with one attached hydrogen (secondary N) is 3. The molecule has 1 unspecified atom stereocenters. The molecular formula is C20H20FN5O4S. The second kappa shape index (κ2) is 9.11. The quantitative estimate of drug-likeness (QED) is 0.440. The molecule has 1 atom stereocenters. The van der Waals surface area contributed by atoms with Crippen molar-refractivity contribution in [3.05, 3.63) is 53.6 Å². The first-order valence-electron chi connectivity index (χ1n) is 9.27. The van der Waals surface area contributed by atoms with Crippen LogP contribution in [0.15, 0.2) is 41.3 Å². The Balaban J connectivity index is 1.70. The maximum atomic E-state index is 13.8. The van der Waals surface area contributed by atoms with E-state index in [0.29, 0.717) is 30.9 Å². The molecule has 2 heterocycles. The minimum atomic E-state index is -4.30. The molecule has 0 aliphatic carbocycles. The number of pyridine rings is 1. The summed E-state index contributed by atoms with van der Waals surface area (Å²) < 4.78 is 38.2. The smallest absolute Gasteiger partial charge is 0.295 e. The number of benzene rings is 1. The van der Waals surface area contributed by atoms with Gasteiger partial charge in [-0.2, -0.15) is 0 Å². The number of anilines is 1. The first-order valence-corrected chi connectivity index (χ1v) is 10.8. The maximum absolute atomic E-state index is 13.8. The number of terminal acetylenes is 1. The number of halogens is 1. The predicted octanol–water partition coefficient (Wildman–Crippen LogP) is 0.481. The van der Waals surface area contributed by atoms with Crippen LogP contribution in [0.3, 0.4) is 0 Å². The van der Waals surface area contributed by atoms with Crippen molar-refractivity contribution in [2.75, 3.05) is 18.0 Å². The van der Waals surface area contributed by atoms with E-state index in [4.69, 9.17) is 6.42 Å². The molecule has 0 saturated carbocycles. The Bertz CT molecular complexity index is 1160. The molecule has 2 aromatic rings. The average molecular weight is 445 g/mol. The fraction of sp³-hybridized carbons (Fsp3) is 0.250. The van der Waals surface area contributed by atoms with Gasteiger partial charge in [-0.1, -0.05) is 12.1 Å². The number of hydrogen-bond acceptors (Lipinski definition) is 6. The second-order valence-corrected chi connectivity index (χ2v) is 8.54. The lowest BCUT2D eigenvalue weighted by Crippen LogP contribution is -2.42. The number of carbonyl (C=O) groups excluding carboxylic acids is 2. The van der Waals surface area contributed by atoms with Gasteiger partial charge in [0.15, 0.2) is 0 Å². The zero-order valence-corrected chi connectivity index (χ0v) is 17.4. The number of rotatable bonds is 6. The summed E-state index contributed by atoms with van der Waals surface area (Å²) in [4.78, 5) is 31.2. The zero-order chi connectivity index (χ0) is 22.6. The molecule has 1 saturated heterocycles. The summed E-state index contributed by atoms with van der Waals surface area (Å²) in [7, 11) is -4.30. The van der Waals surface area contributed by atoms with Crippen LogP contribution in [0.5, 0.6) is 0 Å². The molecule has 1 aromatic heterocycles. The van der Waals surface area contributed by atoms with Crippen molar-refractivity contribution < 1.29 is 22.4 Å². The lowest BCUT2D eigenvalue weighted by molar-refractivity contribution is -0.116. The SMILES string of the molecule is C#CC(=O)NC1CCN(c2cc(C)nc(C(=O)NNS(=O)(=O)c3ccccc3F)c2)C1. The second-order valence-electron chi connectivity index (χ2n) is 6.89. The van der Waals surface area contributed by atoms with Gasteiger partial charge >= 0.3 is 0 Å². The Hall–Kier alpha value is -3.49. The Labute approximate surface area is 179 Å². The van der Waals surface area contributed by atoms with Crippen molar-refractivity contribution in [3.63, 3.8) is 0 Å². The Morgan fingerprint density at radius 1 is 1.29 bits per heavy atom. The molecule has 1 aliphatic rings. The largest absolute Gasteiger partial charge is 0.369 e. The van der Waals surface area contributed by atoms with Crippen LogP contribution in [0.4, 0.5) is 10.1 Å². The van der Waals surface area contributed by atoms with Crippen LogP contribution in [-0.4, -0.2) is 44.3 Å². The van der Waals surface area contributed by atoms with Gasteiger partial charge in [-0.3, -0.25) is 15.0 Å². The molecule has 9 nitrogen and oxygen atoms in total. The highest BCUT2D eigenvalue weighted by molar-refractivity contribution is 7.89. The number of amides is 2. The third-order valence-corrected chi connectivity index (χ3v) is 5.90. The monoisotopic (exact) mass is 445 g/mol. The van der Waals surface area contributed by atoms with E-state index < -0.39 is 32.6 Å². The molecule has 31 heavy (non-hydrogen) atoms. The number of aromatic nitrogens is 1. The van der Waals surface area contributed by atoms with Crippen LogP contribution in [-0.2, 0) is 14.8 Å². The van der Waals surface area contributed by atoms with Crippen molar-refractivity contribution >= 4 is 27.5 Å². The highest BCUT2D eigenvalue weighted by Gasteiger charge is 2.25. The Morgan fingerprint density at radius 3 is 2.74 bits per heavy atom. The summed E-state index contributed by atoms with van der Waals surface area (Å²) in [6, 6.07) is 7.95. The van der Waals surface area contributed by atoms with E-state index in [1.165, 1.54) is 18.2 Å². The Kier molecular flexibility index (Phi) is 6.53. The normalized spacial score (nSPS) is 15.9. The average Bonchev–Trinajstić information content (AvgIpc) is 3.20. The van der Waals surface area contributed by atoms with Crippen molar-refractivity contribution in [2.45, 2.75) is 24.3 Å². The summed E-state index contributed by atoms with van der Waals surface area (Å²) in [6.45, 7) is 2.81. The molecule has 2 amide bonds. The van der Waals surface area contributed by atoms with E-state index >= 15 is 0 Å². The van der Waals surface area contributed by atoms with Crippen LogP contribution >= 0.6 is 0 Å². The summed E-state index contributed by atoms with van der Waals surface area (Å²) >= 11 is 0. The predicted molar refractivity (Wildman–Crippen MR) is 111 cm³/mol. The molecule has 1 aromatic carbocycles. The number of hydrogen-bond donors (Lipinski definition) is 3. The lowest BCUT2D eigenvalue weighted by Gasteiger charge is -2.20. The molecule has 1 fully saturated rings. The molecule has 1 aliphatic heterocycles. The van der Waals surface area contributed by atoms with Crippen LogP contribution in [0, 0.1) is 25.1 Å². The minimum absolute atomic E-state index is 0.0256. The third kappa shape index (κ3) is 5.36. The number of carbonyl (C=O) groups is 2. The van der Waals surface area contributed by atoms with Crippen LogP contribution in [0.1, 0.15) is 22.6 Å². The first-order chi connectivity index (χ1) is 14.7. The topological polar surface area (TPSA) is 120 Å². The van der Waals surface area contributed by atoms with Gasteiger partial charge in [0, 0.05) is 30.5 Å². The molecule has 162 valence electrons. The van der Waals surface area contributed by atoms with Crippen LogP contribution in [0.2, 0.25) is 0 Å². The molecule has 0 bridgehead atoms. The maximum Gasteiger partial charge on any atom is 0.295 e. The van der Waals surface area contributed by atoms with Gasteiger partial charge in [-0.15, -0.1) is 11.3 Å². The van der Waals surface area contributed by atoms with E-state index in [2.05, 4.69) is 10.3 Å². The van der Waals surface area contributed by atoms with Crippen molar-refractivity contribution in [3.8, 4) is 12.3 Å². The van der Waals surface area contributed by atoms with E-state index in [-0.39, 0.29) is 11.7 Å². The minimum Gasteiger partial charge on any atom is -0.369 e. The molecular weight excluding hydrogens is 425 g/mol. The number of sulfonamides is 1. The highest BCUT2D eigenvalue weighted by atomic mass is 32.2. The van der Waals surface area contributed by atoms with Crippen LogP contribution < -0.4 is 20.5 Å². The Morgan fingerprint density at radius 2 is 2.03 bits per heavy atom. The van der Waals surface area contributed by atoms with Crippen molar-refractivity contribution in [1.29, 1.82) is 0 Å². The lowest BCUT2D eigenvalue weighted by atomic mass is 10.2. The number of aryl methyl sites for hydroxylation is 1. The molecule has 11 heteroatoms. The van der Waals surface area contributed by atoms with Gasteiger partial charge < -0.3 is 10.2 Å². The van der Waals surface area contributed by atoms with Gasteiger partial charge in [-0.05, 0) is 43.5 Å². The summed E-state index contributed by atoms with van der Waals surface area (Å²) in [6.07, 6.45) is 5.75. The molecule has 0 spiro atoms. The van der Waals surface area contributed by atoms with Gasteiger partial charge in [0.2, 0.25) is 0 Å². The van der Waals surface area contributed by atoms with E-state index in [1.54, 1.807) is 13.0 Å².